The average Bonchev–Trinajstić information content (AvgIpc) is 1.58. The number of carbonyl (C=O) groups excluding carboxylic acids is 1. The Kier molecular flexibility index (Phi) is 41.6. The predicted octanol–water partition coefficient (Wildman–Crippen LogP) is 9.54. The fourth-order valence-electron chi connectivity index (χ4n) is 28.0. The minimum atomic E-state index is 0.119. The molecule has 29 heteroatoms. The van der Waals surface area contributed by atoms with Gasteiger partial charge in [-0.25, -0.2) is 0 Å². The monoisotopic (exact) mass is 2140 g/mol. The number of carbonyl (C=O) groups is 1. The van der Waals surface area contributed by atoms with Crippen LogP contribution < -0.4 is 19.4 Å². The second-order valence-corrected chi connectivity index (χ2v) is 62.8. The first-order valence-corrected chi connectivity index (χ1v) is 69.1. The fourth-order valence-corrected chi connectivity index (χ4v) is 36.8. The van der Waals surface area contributed by atoms with Crippen LogP contribution in [-0.4, -0.2) is 320 Å². The van der Waals surface area contributed by atoms with Gasteiger partial charge in [-0.1, -0.05) is 144 Å². The highest BCUT2D eigenvalue weighted by atomic mass is 28.2. The van der Waals surface area contributed by atoms with Gasteiger partial charge in [-0.2, -0.15) is 0 Å². The normalized spacial score (nSPS) is 36.1. The standard InChI is InChI=1S/C14H26O2Si.C14H22O2Si.2C13H24O3Si.2C13H24O2Si.C13H20O2Si.C12H18O2Si.C9H14O2Si/c1-2-14(8-16-9-14)7-15-6-11-3-10-4-12(11)13(17)5-10;1-2-14(9-15-10-14)11-16-13-5-3-12(4-6-13)7-8-17;1-2-13(7-15-8-13)6-14-5-9-3-11-12(17)4-10(9)16-11;1-2-13(7-15-8-13)6-14-5-9-3-10-4-11(17)12(9)16-10;1-2-13(6-14-7-13)8-15-11-4-10-3-9(11)5-12(10)16;1-2-13(6-14-7-13)8-15-11-4-9-3-10(11)12(16)5-9;1-2-13(8-14-9-13)10-15-12-5-3-11(7-16)4-6-12;1-2-12(7-13-8-12)9-14-10-3-5-11(15)6-4-10;10-9-8-5-1-4(2-7(5)12)6(8)3-11-9/h10-13H,2-9H2,1,17H3;3-6H,2,7-11H2,1,17H3;2*9-12H,2-8H2,1,17H3;2*9-12H,2-8H2,1,16H3;3-6H,2,7-10H2,1,16H3;3-6H,2,7-9H2,1,15H3;4-8H,1-3H2,12H3. The lowest BCUT2D eigenvalue weighted by Crippen LogP contribution is -2.47. The molecule has 13 saturated heterocycles. The molecule has 21 fully saturated rings. The minimum absolute atomic E-state index is 0.119. The Labute approximate surface area is 889 Å². The summed E-state index contributed by atoms with van der Waals surface area (Å²) in [7, 11) is 11.6. The number of aryl methyl sites for hydroxylation is 1. The van der Waals surface area contributed by atoms with E-state index >= 15 is 0 Å². The average molecular weight is 2140 g/mol. The largest absolute Gasteiger partial charge is 0.493 e. The molecule has 8 aliphatic carbocycles. The lowest BCUT2D eigenvalue weighted by atomic mass is 9.81. The first kappa shape index (κ1) is 113. The van der Waals surface area contributed by atoms with E-state index in [0.29, 0.717) is 87.4 Å². The van der Waals surface area contributed by atoms with Gasteiger partial charge in [0.1, 0.15) is 17.2 Å². The second kappa shape index (κ2) is 52.4. The van der Waals surface area contributed by atoms with Gasteiger partial charge in [0, 0.05) is 144 Å². The Bertz CT molecular complexity index is 4180. The van der Waals surface area contributed by atoms with Crippen LogP contribution in [0.4, 0.5) is 0 Å². The van der Waals surface area contributed by atoms with Crippen LogP contribution in [0.2, 0.25) is 39.3 Å². The van der Waals surface area contributed by atoms with Crippen LogP contribution in [0.15, 0.2) is 72.8 Å². The van der Waals surface area contributed by atoms with Crippen molar-refractivity contribution in [2.24, 2.45) is 120 Å². The van der Waals surface area contributed by atoms with Gasteiger partial charge < -0.3 is 90.0 Å². The minimum Gasteiger partial charge on any atom is -0.493 e. The first-order valence-electron chi connectivity index (χ1n) is 58.4. The smallest absolute Gasteiger partial charge is 0.309 e. The van der Waals surface area contributed by atoms with Crippen LogP contribution in [0, 0.1) is 120 Å². The molecular weight excluding hydrogens is 1940 g/mol. The maximum absolute atomic E-state index is 11.4. The molecule has 808 valence electrons. The lowest BCUT2D eigenvalue weighted by Gasteiger charge is -2.42. The van der Waals surface area contributed by atoms with Crippen molar-refractivity contribution in [3.8, 4) is 17.2 Å². The molecule has 0 aromatic heterocycles. The molecule has 8 saturated carbocycles. The summed E-state index contributed by atoms with van der Waals surface area (Å²) in [4.78, 5) is 11.4. The molecule has 0 amide bonds. The van der Waals surface area contributed by atoms with Gasteiger partial charge in [0.05, 0.1) is 237 Å². The van der Waals surface area contributed by atoms with E-state index in [0.717, 1.165) is 318 Å². The number of ether oxygens (including phenoxy) is 19. The van der Waals surface area contributed by atoms with Crippen LogP contribution in [0.3, 0.4) is 0 Å². The molecule has 24 rings (SSSR count). The second-order valence-electron chi connectivity index (χ2n) is 51.0. The van der Waals surface area contributed by atoms with Crippen molar-refractivity contribution in [2.45, 2.75) is 291 Å². The number of hydrogen-bond donors (Lipinski definition) is 0. The van der Waals surface area contributed by atoms with Crippen LogP contribution in [0.5, 0.6) is 17.2 Å². The molecule has 21 aliphatic rings. The van der Waals surface area contributed by atoms with Gasteiger partial charge in [0.25, 0.3) is 0 Å². The Hall–Kier alpha value is -2.12. The zero-order chi connectivity index (χ0) is 101. The zero-order valence-electron chi connectivity index (χ0n) is 92.2. The molecule has 0 N–H and O–H groups in total. The van der Waals surface area contributed by atoms with Gasteiger partial charge >= 0.3 is 5.97 Å². The molecule has 0 radical (unpaired) electrons. The van der Waals surface area contributed by atoms with E-state index in [1.54, 1.807) is 6.42 Å². The number of fused-ring (bicyclic) bond motifs is 15. The number of hydrogen-bond acceptors (Lipinski definition) is 20. The van der Waals surface area contributed by atoms with Crippen molar-refractivity contribution in [1.82, 2.24) is 0 Å². The Morgan fingerprint density at radius 1 is 0.329 bits per heavy atom. The van der Waals surface area contributed by atoms with Gasteiger partial charge in [-0.3, -0.25) is 4.79 Å². The number of benzene rings is 3. The third kappa shape index (κ3) is 28.6. The fraction of sp³-hybridized carbons (Fsp3) is 0.833. The van der Waals surface area contributed by atoms with Crippen LogP contribution in [0.25, 0.3) is 0 Å². The van der Waals surface area contributed by atoms with Crippen molar-refractivity contribution >= 4 is 103 Å². The van der Waals surface area contributed by atoms with Gasteiger partial charge in [0.15, 0.2) is 0 Å². The van der Waals surface area contributed by atoms with Gasteiger partial charge in [-0.15, -0.1) is 0 Å². The van der Waals surface area contributed by atoms with Crippen molar-refractivity contribution in [3.63, 3.8) is 0 Å². The van der Waals surface area contributed by atoms with Crippen molar-refractivity contribution in [1.29, 1.82) is 0 Å². The summed E-state index contributed by atoms with van der Waals surface area (Å²) in [5.74, 6) is 13.8. The summed E-state index contributed by atoms with van der Waals surface area (Å²) in [6.45, 7) is 42.6. The third-order valence-corrected chi connectivity index (χ3v) is 50.1. The molecule has 3 aromatic carbocycles. The highest BCUT2D eigenvalue weighted by Crippen LogP contribution is 2.60. The van der Waals surface area contributed by atoms with E-state index in [1.807, 2.05) is 0 Å². The maximum Gasteiger partial charge on any atom is 0.309 e. The molecule has 25 atom stereocenters. The predicted molar refractivity (Wildman–Crippen MR) is 603 cm³/mol. The number of rotatable bonds is 38. The molecule has 12 bridgehead atoms. The third-order valence-electron chi connectivity index (χ3n) is 40.3. The molecule has 25 unspecified atom stereocenters. The van der Waals surface area contributed by atoms with E-state index in [9.17, 15) is 4.79 Å². The molecule has 13 aliphatic heterocycles. The quantitative estimate of drug-likeness (QED) is 0.0389. The van der Waals surface area contributed by atoms with Crippen LogP contribution in [-0.2, 0) is 93.0 Å². The van der Waals surface area contributed by atoms with Crippen molar-refractivity contribution < 1.29 is 94.8 Å². The maximum atomic E-state index is 11.4. The zero-order valence-corrected chi connectivity index (χ0v) is 110. The van der Waals surface area contributed by atoms with Gasteiger partial charge in [-0.05, 0) is 253 Å². The summed E-state index contributed by atoms with van der Waals surface area (Å²) in [6.07, 6.45) is 34.9. The van der Waals surface area contributed by atoms with E-state index in [2.05, 4.69) is 128 Å². The molecule has 3 aromatic rings. The van der Waals surface area contributed by atoms with Crippen LogP contribution in [0.1, 0.15) is 214 Å². The Balaban J connectivity index is 0.000000116. The van der Waals surface area contributed by atoms with Crippen molar-refractivity contribution in [3.05, 3.63) is 83.9 Å². The number of cyclic esters (lactones) is 1. The highest BCUT2D eigenvalue weighted by Gasteiger charge is 2.59. The molecule has 143 heavy (non-hydrogen) atoms. The summed E-state index contributed by atoms with van der Waals surface area (Å²) >= 11 is 0. The Morgan fingerprint density at radius 2 is 0.748 bits per heavy atom. The summed E-state index contributed by atoms with van der Waals surface area (Å²) in [6, 6.07) is 28.0. The molecule has 0 spiro atoms. The molecule has 13 heterocycles. The molecular formula is C114H196O20Si9. The van der Waals surface area contributed by atoms with Gasteiger partial charge in [0.2, 0.25) is 0 Å². The summed E-state index contributed by atoms with van der Waals surface area (Å²) in [5, 5.41) is 1.40. The lowest BCUT2D eigenvalue weighted by molar-refractivity contribution is -0.164. The SMILES string of the molecule is CCC1(COC2CC3CC([SiH3])C2C3)COC1.CCC1(COC2CC3CC2CC3[SiH3])COC1.CCC1(COCC2CC3CC([SiH3])C2C3)COC1.CCC1(COCC2CC3CC([SiH3])C2O3)COC1.CCC1(COCC2CC3OC2CC3[SiH3])COC1.CCC1(COc2ccc(CC[SiH3])cc2)COC1.CCC1(COc2ccc(C[SiH3])cc2)COC1.CCC1(COc2ccc([SiH3])cc2)COC1.O=C1OCC2C3CC([SiH3])C(C3)C12. The highest BCUT2D eigenvalue weighted by molar-refractivity contribution is 6.32. The Morgan fingerprint density at radius 3 is 1.13 bits per heavy atom. The van der Waals surface area contributed by atoms with Crippen LogP contribution >= 0.6 is 0 Å². The number of esters is 1. The topological polar surface area (TPSA) is 192 Å². The van der Waals surface area contributed by atoms with E-state index in [4.69, 9.17) is 90.0 Å². The first-order chi connectivity index (χ1) is 69.2. The summed E-state index contributed by atoms with van der Waals surface area (Å²) < 4.78 is 108. The summed E-state index contributed by atoms with van der Waals surface area (Å²) in [5.41, 5.74) is 11.4. The van der Waals surface area contributed by atoms with E-state index in [1.165, 1.54) is 239 Å². The van der Waals surface area contributed by atoms with E-state index < -0.39 is 0 Å². The van der Waals surface area contributed by atoms with Crippen molar-refractivity contribution in [2.75, 3.05) is 185 Å². The van der Waals surface area contributed by atoms with E-state index in [-0.39, 0.29) is 22.2 Å². The molecule has 20 nitrogen and oxygen atoms in total.